The molecular formula is C11H17BrN4O. The van der Waals surface area contributed by atoms with Gasteiger partial charge in [0.25, 0.3) is 0 Å². The summed E-state index contributed by atoms with van der Waals surface area (Å²) in [6.45, 7) is 4.56. The van der Waals surface area contributed by atoms with Crippen LogP contribution in [0.2, 0.25) is 0 Å². The molecule has 0 aliphatic rings. The van der Waals surface area contributed by atoms with E-state index in [1.165, 1.54) is 0 Å². The van der Waals surface area contributed by atoms with Gasteiger partial charge in [-0.2, -0.15) is 0 Å². The van der Waals surface area contributed by atoms with E-state index in [1.807, 2.05) is 12.3 Å². The highest BCUT2D eigenvalue weighted by molar-refractivity contribution is 9.10. The Kier molecular flexibility index (Phi) is 5.93. The topological polar surface area (TPSA) is 74.7 Å². The van der Waals surface area contributed by atoms with Crippen LogP contribution in [0.1, 0.15) is 18.9 Å². The number of rotatable bonds is 6. The normalized spacial score (nSPS) is 12.1. The third kappa shape index (κ3) is 5.14. The number of hydrogen-bond donors (Lipinski definition) is 2. The molecule has 1 aromatic heterocycles. The molecule has 0 amide bonds. The summed E-state index contributed by atoms with van der Waals surface area (Å²) in [5.74, 6) is 0.260. The summed E-state index contributed by atoms with van der Waals surface area (Å²) in [4.78, 5) is 6.33. The number of nitrogens with two attached hydrogens (primary N) is 1. The summed E-state index contributed by atoms with van der Waals surface area (Å²) in [6.07, 6.45) is 4.17. The van der Waals surface area contributed by atoms with Crippen molar-refractivity contribution in [2.75, 3.05) is 13.1 Å². The zero-order valence-electron chi connectivity index (χ0n) is 9.80. The van der Waals surface area contributed by atoms with Crippen LogP contribution in [-0.2, 0) is 6.54 Å². The summed E-state index contributed by atoms with van der Waals surface area (Å²) in [6, 6.07) is 2.04. The van der Waals surface area contributed by atoms with Crippen molar-refractivity contribution in [2.45, 2.75) is 19.9 Å². The van der Waals surface area contributed by atoms with Gasteiger partial charge >= 0.3 is 0 Å². The van der Waals surface area contributed by atoms with Crippen molar-refractivity contribution in [1.82, 2.24) is 9.88 Å². The maximum Gasteiger partial charge on any atom is 0.140 e. The zero-order valence-corrected chi connectivity index (χ0v) is 11.4. The van der Waals surface area contributed by atoms with Gasteiger partial charge in [0.2, 0.25) is 0 Å². The maximum atomic E-state index is 8.47. The van der Waals surface area contributed by atoms with E-state index in [-0.39, 0.29) is 5.84 Å². The van der Waals surface area contributed by atoms with Crippen molar-refractivity contribution in [1.29, 1.82) is 0 Å². The molecule has 3 N–H and O–H groups in total. The lowest BCUT2D eigenvalue weighted by Crippen LogP contribution is -2.27. The van der Waals surface area contributed by atoms with E-state index >= 15 is 0 Å². The van der Waals surface area contributed by atoms with Crippen LogP contribution >= 0.6 is 15.9 Å². The monoisotopic (exact) mass is 300 g/mol. The Balaban J connectivity index is 2.52. The highest BCUT2D eigenvalue weighted by atomic mass is 79.9. The highest BCUT2D eigenvalue weighted by Gasteiger charge is 2.05. The summed E-state index contributed by atoms with van der Waals surface area (Å²) in [5.41, 5.74) is 6.59. The Morgan fingerprint density at radius 2 is 2.35 bits per heavy atom. The molecule has 0 spiro atoms. The van der Waals surface area contributed by atoms with Crippen molar-refractivity contribution in [3.05, 3.63) is 28.5 Å². The molecule has 0 saturated heterocycles. The molecule has 94 valence electrons. The second kappa shape index (κ2) is 7.24. The van der Waals surface area contributed by atoms with Gasteiger partial charge in [-0.3, -0.25) is 9.88 Å². The average molecular weight is 301 g/mol. The van der Waals surface area contributed by atoms with E-state index in [4.69, 9.17) is 10.9 Å². The first-order valence-corrected chi connectivity index (χ1v) is 6.23. The molecule has 6 heteroatoms. The number of oxime groups is 1. The fourth-order valence-corrected chi connectivity index (χ4v) is 1.88. The molecule has 0 atom stereocenters. The van der Waals surface area contributed by atoms with Crippen LogP contribution in [0, 0.1) is 0 Å². The van der Waals surface area contributed by atoms with Crippen LogP contribution in [-0.4, -0.2) is 34.0 Å². The summed E-state index contributed by atoms with van der Waals surface area (Å²) in [7, 11) is 0. The van der Waals surface area contributed by atoms with Crippen molar-refractivity contribution in [2.24, 2.45) is 10.9 Å². The third-order valence-electron chi connectivity index (χ3n) is 2.43. The Morgan fingerprint density at radius 1 is 1.59 bits per heavy atom. The van der Waals surface area contributed by atoms with Gasteiger partial charge in [-0.05, 0) is 34.1 Å². The van der Waals surface area contributed by atoms with E-state index in [9.17, 15) is 0 Å². The van der Waals surface area contributed by atoms with Gasteiger partial charge in [-0.1, -0.05) is 12.1 Å². The van der Waals surface area contributed by atoms with E-state index in [1.54, 1.807) is 6.20 Å². The lowest BCUT2D eigenvalue weighted by Gasteiger charge is -2.19. The first-order valence-electron chi connectivity index (χ1n) is 5.44. The number of halogens is 1. The molecule has 1 heterocycles. The van der Waals surface area contributed by atoms with Crippen LogP contribution in [0.5, 0.6) is 0 Å². The minimum absolute atomic E-state index is 0.260. The van der Waals surface area contributed by atoms with E-state index in [0.717, 1.165) is 29.7 Å². The summed E-state index contributed by atoms with van der Waals surface area (Å²) < 4.78 is 0.975. The van der Waals surface area contributed by atoms with Crippen LogP contribution in [0.25, 0.3) is 0 Å². The Labute approximate surface area is 109 Å². The molecule has 17 heavy (non-hydrogen) atoms. The van der Waals surface area contributed by atoms with Crippen LogP contribution in [0.3, 0.4) is 0 Å². The van der Waals surface area contributed by atoms with Gasteiger partial charge in [-0.15, -0.1) is 0 Å². The molecule has 0 saturated carbocycles. The predicted octanol–water partition coefficient (Wildman–Crippen LogP) is 1.80. The number of pyridine rings is 1. The zero-order chi connectivity index (χ0) is 12.7. The molecule has 5 nitrogen and oxygen atoms in total. The molecule has 0 bridgehead atoms. The quantitative estimate of drug-likeness (QED) is 0.364. The minimum Gasteiger partial charge on any atom is -0.409 e. The van der Waals surface area contributed by atoms with Gasteiger partial charge in [0, 0.05) is 36.4 Å². The van der Waals surface area contributed by atoms with Gasteiger partial charge in [0.05, 0.1) is 0 Å². The van der Waals surface area contributed by atoms with E-state index in [0.29, 0.717) is 6.42 Å². The lowest BCUT2D eigenvalue weighted by atomic mass is 10.2. The Bertz CT molecular complexity index is 383. The fraction of sp³-hybridized carbons (Fsp3) is 0.455. The van der Waals surface area contributed by atoms with Gasteiger partial charge in [0.15, 0.2) is 0 Å². The molecule has 1 rings (SSSR count). The van der Waals surface area contributed by atoms with Crippen molar-refractivity contribution in [3.63, 3.8) is 0 Å². The molecule has 0 aliphatic carbocycles. The SMILES string of the molecule is CCN(CC/C(N)=N/O)Cc1cncc(Br)c1. The number of aromatic nitrogens is 1. The first-order chi connectivity index (χ1) is 8.15. The molecule has 0 fully saturated rings. The van der Waals surface area contributed by atoms with E-state index < -0.39 is 0 Å². The molecular weight excluding hydrogens is 284 g/mol. The lowest BCUT2D eigenvalue weighted by molar-refractivity contribution is 0.282. The highest BCUT2D eigenvalue weighted by Crippen LogP contribution is 2.11. The second-order valence-corrected chi connectivity index (χ2v) is 4.64. The Hall–Kier alpha value is -1.14. The molecule has 1 aromatic rings. The maximum absolute atomic E-state index is 8.47. The number of nitrogens with zero attached hydrogens (tertiary/aromatic N) is 3. The van der Waals surface area contributed by atoms with Crippen molar-refractivity contribution < 1.29 is 5.21 Å². The van der Waals surface area contributed by atoms with Crippen LogP contribution < -0.4 is 5.73 Å². The summed E-state index contributed by atoms with van der Waals surface area (Å²) in [5, 5.41) is 11.4. The molecule has 0 aromatic carbocycles. The molecule has 0 unspecified atom stereocenters. The fourth-order valence-electron chi connectivity index (χ4n) is 1.47. The summed E-state index contributed by atoms with van der Waals surface area (Å²) >= 11 is 3.39. The number of hydrogen-bond acceptors (Lipinski definition) is 4. The minimum atomic E-state index is 0.260. The van der Waals surface area contributed by atoms with Gasteiger partial charge < -0.3 is 10.9 Å². The largest absolute Gasteiger partial charge is 0.409 e. The average Bonchev–Trinajstić information content (AvgIpc) is 2.34. The van der Waals surface area contributed by atoms with Crippen molar-refractivity contribution in [3.8, 4) is 0 Å². The van der Waals surface area contributed by atoms with E-state index in [2.05, 4.69) is 37.9 Å². The molecule has 0 radical (unpaired) electrons. The molecule has 0 aliphatic heterocycles. The smallest absolute Gasteiger partial charge is 0.140 e. The van der Waals surface area contributed by atoms with Gasteiger partial charge in [0.1, 0.15) is 5.84 Å². The standard InChI is InChI=1S/C11H17BrN4O/c1-2-16(4-3-11(13)15-17)8-9-5-10(12)7-14-6-9/h5-7,17H,2-4,8H2,1H3,(H2,13,15). The first kappa shape index (κ1) is 13.9. The van der Waals surface area contributed by atoms with Crippen LogP contribution in [0.15, 0.2) is 28.1 Å². The third-order valence-corrected chi connectivity index (χ3v) is 2.86. The number of amidine groups is 1. The predicted molar refractivity (Wildman–Crippen MR) is 70.9 cm³/mol. The second-order valence-electron chi connectivity index (χ2n) is 3.72. The Morgan fingerprint density at radius 3 is 2.94 bits per heavy atom. The van der Waals surface area contributed by atoms with Gasteiger partial charge in [-0.25, -0.2) is 0 Å². The van der Waals surface area contributed by atoms with Crippen molar-refractivity contribution >= 4 is 21.8 Å². The van der Waals surface area contributed by atoms with Crippen LogP contribution in [0.4, 0.5) is 0 Å².